The number of nitrogens with one attached hydrogen (secondary N) is 1. The second kappa shape index (κ2) is 6.42. The summed E-state index contributed by atoms with van der Waals surface area (Å²) >= 11 is 7.70. The van der Waals surface area contributed by atoms with Crippen LogP contribution in [0.3, 0.4) is 0 Å². The van der Waals surface area contributed by atoms with E-state index in [2.05, 4.69) is 15.3 Å². The van der Waals surface area contributed by atoms with E-state index in [0.29, 0.717) is 17.1 Å². The number of hydrogen-bond acceptors (Lipinski definition) is 5. The van der Waals surface area contributed by atoms with Gasteiger partial charge >= 0.3 is 0 Å². The molecule has 1 atom stereocenters. The summed E-state index contributed by atoms with van der Waals surface area (Å²) < 4.78 is 5.57. The number of nitrogens with zero attached hydrogens (tertiary/aromatic N) is 2. The van der Waals surface area contributed by atoms with Crippen molar-refractivity contribution in [3.63, 3.8) is 0 Å². The average molecular weight is 274 g/mol. The molecule has 0 amide bonds. The van der Waals surface area contributed by atoms with Crippen LogP contribution in [-0.2, 0) is 4.74 Å². The quantitative estimate of drug-likeness (QED) is 0.660. The van der Waals surface area contributed by atoms with Crippen molar-refractivity contribution in [1.82, 2.24) is 9.97 Å². The fourth-order valence-electron chi connectivity index (χ4n) is 1.64. The molecule has 0 bridgehead atoms. The summed E-state index contributed by atoms with van der Waals surface area (Å²) in [6, 6.07) is 0. The van der Waals surface area contributed by atoms with Gasteiger partial charge in [-0.1, -0.05) is 11.6 Å². The van der Waals surface area contributed by atoms with E-state index in [4.69, 9.17) is 16.3 Å². The molecule has 1 N–H and O–H groups in total. The molecule has 4 nitrogen and oxygen atoms in total. The van der Waals surface area contributed by atoms with Crippen LogP contribution in [0.5, 0.6) is 0 Å². The fourth-order valence-corrected chi connectivity index (χ4v) is 2.85. The third-order valence-corrected chi connectivity index (χ3v) is 3.99. The van der Waals surface area contributed by atoms with Gasteiger partial charge < -0.3 is 10.1 Å². The summed E-state index contributed by atoms with van der Waals surface area (Å²) in [6.45, 7) is 3.69. The van der Waals surface area contributed by atoms with E-state index in [9.17, 15) is 0 Å². The Kier molecular flexibility index (Phi) is 4.88. The number of hydrogen-bond donors (Lipinski definition) is 1. The van der Waals surface area contributed by atoms with Crippen LogP contribution in [-0.4, -0.2) is 35.0 Å². The molecule has 0 spiro atoms. The zero-order valence-corrected chi connectivity index (χ0v) is 11.4. The highest BCUT2D eigenvalue weighted by atomic mass is 35.5. The van der Waals surface area contributed by atoms with E-state index in [1.807, 2.05) is 6.92 Å². The number of ether oxygens (including phenoxy) is 1. The van der Waals surface area contributed by atoms with E-state index in [1.54, 1.807) is 18.0 Å². The Bertz CT molecular complexity index is 372. The molecule has 1 aromatic rings. The molecule has 94 valence electrons. The Balaban J connectivity index is 1.95. The van der Waals surface area contributed by atoms with Gasteiger partial charge in [-0.05, 0) is 19.8 Å². The highest BCUT2D eigenvalue weighted by Crippen LogP contribution is 2.28. The van der Waals surface area contributed by atoms with Crippen LogP contribution in [0.1, 0.15) is 19.8 Å². The Morgan fingerprint density at radius 2 is 2.53 bits per heavy atom. The van der Waals surface area contributed by atoms with Crippen molar-refractivity contribution in [3.05, 3.63) is 11.2 Å². The molecule has 0 aromatic carbocycles. The summed E-state index contributed by atoms with van der Waals surface area (Å²) in [4.78, 5) is 8.49. The minimum absolute atomic E-state index is 0.341. The van der Waals surface area contributed by atoms with E-state index >= 15 is 0 Å². The summed E-state index contributed by atoms with van der Waals surface area (Å²) in [5, 5.41) is 4.51. The maximum atomic E-state index is 6.07. The van der Waals surface area contributed by atoms with Gasteiger partial charge in [0.05, 0.1) is 17.3 Å². The standard InChI is InChI=1S/C11H16ClN3OS/c1-2-13-11-14-6-9(12)10(15-11)17-7-8-4-3-5-16-8/h6,8H,2-5,7H2,1H3,(H,13,14,15). The Hall–Kier alpha value is -0.520. The van der Waals surface area contributed by atoms with Gasteiger partial charge in [-0.3, -0.25) is 0 Å². The second-order valence-electron chi connectivity index (χ2n) is 3.82. The van der Waals surface area contributed by atoms with Crippen molar-refractivity contribution in [1.29, 1.82) is 0 Å². The van der Waals surface area contributed by atoms with Crippen LogP contribution in [0.2, 0.25) is 5.02 Å². The lowest BCUT2D eigenvalue weighted by atomic mass is 10.3. The summed E-state index contributed by atoms with van der Waals surface area (Å²) in [6.07, 6.45) is 4.28. The van der Waals surface area contributed by atoms with Crippen molar-refractivity contribution >= 4 is 29.3 Å². The molecule has 2 rings (SSSR count). The SMILES string of the molecule is CCNc1ncc(Cl)c(SCC2CCCO2)n1. The molecule has 1 fully saturated rings. The van der Waals surface area contributed by atoms with E-state index in [-0.39, 0.29) is 0 Å². The van der Waals surface area contributed by atoms with Crippen LogP contribution < -0.4 is 5.32 Å². The number of thioether (sulfide) groups is 1. The highest BCUT2D eigenvalue weighted by molar-refractivity contribution is 7.99. The summed E-state index contributed by atoms with van der Waals surface area (Å²) in [5.41, 5.74) is 0. The molecule has 1 saturated heterocycles. The van der Waals surface area contributed by atoms with Crippen LogP contribution in [0.25, 0.3) is 0 Å². The van der Waals surface area contributed by atoms with Gasteiger partial charge in [-0.15, -0.1) is 11.8 Å². The number of aromatic nitrogens is 2. The average Bonchev–Trinajstić information content (AvgIpc) is 2.83. The zero-order chi connectivity index (χ0) is 12.1. The van der Waals surface area contributed by atoms with Crippen LogP contribution in [0.15, 0.2) is 11.2 Å². The normalized spacial score (nSPS) is 19.5. The molecule has 1 unspecified atom stereocenters. The lowest BCUT2D eigenvalue weighted by Gasteiger charge is -2.10. The van der Waals surface area contributed by atoms with E-state index < -0.39 is 0 Å². The molecular formula is C11H16ClN3OS. The first-order valence-corrected chi connectivity index (χ1v) is 7.16. The van der Waals surface area contributed by atoms with E-state index in [1.165, 1.54) is 0 Å². The third-order valence-electron chi connectivity index (χ3n) is 2.48. The van der Waals surface area contributed by atoms with Crippen LogP contribution >= 0.6 is 23.4 Å². The summed E-state index contributed by atoms with van der Waals surface area (Å²) in [7, 11) is 0. The number of anilines is 1. The molecular weight excluding hydrogens is 258 g/mol. The van der Waals surface area contributed by atoms with Crippen LogP contribution in [0.4, 0.5) is 5.95 Å². The molecule has 17 heavy (non-hydrogen) atoms. The van der Waals surface area contributed by atoms with Gasteiger partial charge in [0, 0.05) is 18.9 Å². The Morgan fingerprint density at radius 3 is 3.24 bits per heavy atom. The molecule has 0 saturated carbocycles. The number of rotatable bonds is 5. The maximum Gasteiger partial charge on any atom is 0.223 e. The maximum absolute atomic E-state index is 6.07. The first-order valence-electron chi connectivity index (χ1n) is 5.80. The third kappa shape index (κ3) is 3.72. The molecule has 0 aliphatic carbocycles. The van der Waals surface area contributed by atoms with Gasteiger partial charge in [0.15, 0.2) is 0 Å². The first kappa shape index (κ1) is 12.9. The van der Waals surface area contributed by atoms with Gasteiger partial charge in [-0.25, -0.2) is 9.97 Å². The largest absolute Gasteiger partial charge is 0.377 e. The van der Waals surface area contributed by atoms with Gasteiger partial charge in [0.1, 0.15) is 5.03 Å². The molecule has 1 aliphatic heterocycles. The number of halogens is 1. The minimum atomic E-state index is 0.341. The Morgan fingerprint density at radius 1 is 1.65 bits per heavy atom. The summed E-state index contributed by atoms with van der Waals surface area (Å²) in [5.74, 6) is 1.54. The fraction of sp³-hybridized carbons (Fsp3) is 0.636. The molecule has 2 heterocycles. The Labute approximate surface area is 111 Å². The van der Waals surface area contributed by atoms with Crippen molar-refractivity contribution < 1.29 is 4.74 Å². The van der Waals surface area contributed by atoms with Crippen molar-refractivity contribution in [2.75, 3.05) is 24.2 Å². The second-order valence-corrected chi connectivity index (χ2v) is 5.24. The molecule has 1 aliphatic rings. The van der Waals surface area contributed by atoms with Gasteiger partial charge in [-0.2, -0.15) is 0 Å². The van der Waals surface area contributed by atoms with Crippen molar-refractivity contribution in [2.24, 2.45) is 0 Å². The van der Waals surface area contributed by atoms with Gasteiger partial charge in [0.2, 0.25) is 5.95 Å². The zero-order valence-electron chi connectivity index (χ0n) is 9.78. The molecule has 6 heteroatoms. The molecule has 1 aromatic heterocycles. The predicted octanol–water partition coefficient (Wildman–Crippen LogP) is 2.83. The lowest BCUT2D eigenvalue weighted by molar-refractivity contribution is 0.129. The monoisotopic (exact) mass is 273 g/mol. The predicted molar refractivity (Wildman–Crippen MR) is 70.9 cm³/mol. The van der Waals surface area contributed by atoms with Gasteiger partial charge in [0.25, 0.3) is 0 Å². The van der Waals surface area contributed by atoms with Crippen molar-refractivity contribution in [3.8, 4) is 0 Å². The highest BCUT2D eigenvalue weighted by Gasteiger charge is 2.17. The first-order chi connectivity index (χ1) is 8.29. The minimum Gasteiger partial charge on any atom is -0.377 e. The van der Waals surface area contributed by atoms with Crippen LogP contribution in [0, 0.1) is 0 Å². The lowest BCUT2D eigenvalue weighted by Crippen LogP contribution is -2.08. The van der Waals surface area contributed by atoms with E-state index in [0.717, 1.165) is 36.8 Å². The smallest absolute Gasteiger partial charge is 0.223 e. The van der Waals surface area contributed by atoms with Crippen molar-refractivity contribution in [2.45, 2.75) is 30.9 Å². The topological polar surface area (TPSA) is 47.0 Å². The molecule has 0 radical (unpaired) electrons.